The molecule has 5 rings (SSSR count). The average Bonchev–Trinajstić information content (AvgIpc) is 3.49. The van der Waals surface area contributed by atoms with Crippen LogP contribution in [0.1, 0.15) is 35.2 Å². The third kappa shape index (κ3) is 5.71. The summed E-state index contributed by atoms with van der Waals surface area (Å²) in [4.78, 5) is 52.9. The first-order valence-corrected chi connectivity index (χ1v) is 13.6. The average molecular weight is 626 g/mol. The lowest BCUT2D eigenvalue weighted by Crippen LogP contribution is -2.45. The number of benzene rings is 1. The van der Waals surface area contributed by atoms with Crippen molar-refractivity contribution >= 4 is 50.2 Å². The lowest BCUT2D eigenvalue weighted by molar-refractivity contribution is -0.137. The van der Waals surface area contributed by atoms with E-state index in [1.54, 1.807) is 56.6 Å². The zero-order valence-electron chi connectivity index (χ0n) is 22.5. The summed E-state index contributed by atoms with van der Waals surface area (Å²) >= 11 is 3.25. The van der Waals surface area contributed by atoms with Crippen molar-refractivity contribution in [2.45, 2.75) is 45.4 Å². The Labute approximate surface area is 242 Å². The van der Waals surface area contributed by atoms with Crippen molar-refractivity contribution in [2.75, 3.05) is 18.5 Å². The van der Waals surface area contributed by atoms with Crippen molar-refractivity contribution in [2.24, 2.45) is 0 Å². The van der Waals surface area contributed by atoms with Crippen LogP contribution in [-0.2, 0) is 16.1 Å². The highest BCUT2D eigenvalue weighted by Crippen LogP contribution is 2.33. The van der Waals surface area contributed by atoms with Crippen LogP contribution in [0, 0.1) is 13.8 Å². The number of pyridine rings is 1. The van der Waals surface area contributed by atoms with Gasteiger partial charge in [-0.3, -0.25) is 19.1 Å². The van der Waals surface area contributed by atoms with Gasteiger partial charge in [0.25, 0.3) is 0 Å². The Hall–Kier alpha value is -4.13. The minimum atomic E-state index is -2.38. The van der Waals surface area contributed by atoms with Crippen LogP contribution in [0.4, 0.5) is 14.6 Å². The fourth-order valence-electron chi connectivity index (χ4n) is 4.86. The summed E-state index contributed by atoms with van der Waals surface area (Å²) in [6.07, 6.45) is 2.83. The highest BCUT2D eigenvalue weighted by Gasteiger charge is 2.49. The topological polar surface area (TPSA) is 123 Å². The number of carbonyl (C=O) groups is 3. The Kier molecular flexibility index (Phi) is 7.64. The number of amides is 2. The Balaban J connectivity index is 1.44. The molecule has 2 atom stereocenters. The molecule has 0 spiro atoms. The molecule has 1 saturated heterocycles. The molecule has 4 aromatic rings. The highest BCUT2D eigenvalue weighted by atomic mass is 79.9. The van der Waals surface area contributed by atoms with E-state index >= 15 is 4.39 Å². The number of carbonyl (C=O) groups excluding carboxylic acids is 3. The van der Waals surface area contributed by atoms with Gasteiger partial charge < -0.3 is 10.2 Å². The second-order valence-corrected chi connectivity index (χ2v) is 10.9. The first-order chi connectivity index (χ1) is 19.5. The molecule has 1 aliphatic rings. The molecular formula is C28H26BrF2N7O3. The van der Waals surface area contributed by atoms with E-state index in [0.29, 0.717) is 26.9 Å². The first-order valence-electron chi connectivity index (χ1n) is 12.8. The molecule has 3 aromatic heterocycles. The molecule has 1 aliphatic heterocycles. The Morgan fingerprint density at radius 1 is 1.12 bits per heavy atom. The quantitative estimate of drug-likeness (QED) is 0.239. The number of hydrogen-bond donors (Lipinski definition) is 1. The third-order valence-electron chi connectivity index (χ3n) is 7.04. The molecule has 13 heteroatoms. The number of likely N-dealkylation sites (tertiary alicyclic amines) is 1. The summed E-state index contributed by atoms with van der Waals surface area (Å²) in [7, 11) is 0. The first kappa shape index (κ1) is 28.4. The van der Waals surface area contributed by atoms with Crippen LogP contribution in [-0.4, -0.2) is 72.2 Å². The molecule has 1 aromatic carbocycles. The molecule has 4 heterocycles. The van der Waals surface area contributed by atoms with Gasteiger partial charge in [0.1, 0.15) is 41.2 Å². The molecule has 0 bridgehead atoms. The van der Waals surface area contributed by atoms with Crippen LogP contribution in [0.2, 0.25) is 0 Å². The molecule has 212 valence electrons. The van der Waals surface area contributed by atoms with Gasteiger partial charge in [0.15, 0.2) is 11.5 Å². The summed E-state index contributed by atoms with van der Waals surface area (Å²) in [6, 6.07) is 7.44. The van der Waals surface area contributed by atoms with E-state index in [0.717, 1.165) is 16.0 Å². The maximum Gasteiger partial charge on any atom is 0.248 e. The number of ketones is 1. The van der Waals surface area contributed by atoms with E-state index in [9.17, 15) is 18.8 Å². The minimum Gasteiger partial charge on any atom is -0.326 e. The highest BCUT2D eigenvalue weighted by molar-refractivity contribution is 9.10. The van der Waals surface area contributed by atoms with Gasteiger partial charge >= 0.3 is 0 Å². The van der Waals surface area contributed by atoms with E-state index in [-0.39, 0.29) is 17.3 Å². The zero-order valence-corrected chi connectivity index (χ0v) is 24.1. The molecule has 41 heavy (non-hydrogen) atoms. The molecule has 0 aliphatic carbocycles. The molecule has 0 saturated carbocycles. The smallest absolute Gasteiger partial charge is 0.248 e. The molecule has 1 fully saturated rings. The van der Waals surface area contributed by atoms with Crippen LogP contribution < -0.4 is 5.32 Å². The number of rotatable bonds is 7. The number of Topliss-reactive ketones (excluding diaryl/α,β-unsaturated/α-hetero) is 1. The largest absolute Gasteiger partial charge is 0.326 e. The maximum absolute atomic E-state index is 15.2. The van der Waals surface area contributed by atoms with Crippen LogP contribution in [0.3, 0.4) is 0 Å². The van der Waals surface area contributed by atoms with Crippen LogP contribution in [0.5, 0.6) is 0 Å². The van der Waals surface area contributed by atoms with E-state index in [2.05, 4.69) is 41.3 Å². The number of alkyl halides is 2. The number of aromatic nitrogens is 5. The molecular weight excluding hydrogens is 600 g/mol. The van der Waals surface area contributed by atoms with Gasteiger partial charge in [-0.1, -0.05) is 12.1 Å². The minimum absolute atomic E-state index is 0.151. The summed E-state index contributed by atoms with van der Waals surface area (Å²) in [5, 5.41) is 7.52. The van der Waals surface area contributed by atoms with E-state index in [4.69, 9.17) is 0 Å². The number of nitrogens with one attached hydrogen (secondary N) is 1. The monoisotopic (exact) mass is 625 g/mol. The summed E-state index contributed by atoms with van der Waals surface area (Å²) in [6.45, 7) is 2.54. The van der Waals surface area contributed by atoms with Gasteiger partial charge in [0, 0.05) is 36.7 Å². The maximum atomic E-state index is 15.2. The van der Waals surface area contributed by atoms with Gasteiger partial charge in [0.05, 0.1) is 12.1 Å². The van der Waals surface area contributed by atoms with Crippen LogP contribution >= 0.6 is 15.9 Å². The number of halogens is 3. The van der Waals surface area contributed by atoms with Crippen molar-refractivity contribution in [3.8, 4) is 11.1 Å². The Morgan fingerprint density at radius 3 is 2.54 bits per heavy atom. The molecule has 2 amide bonds. The molecule has 10 nitrogen and oxygen atoms in total. The Bertz CT molecular complexity index is 1680. The predicted octanol–water partition coefficient (Wildman–Crippen LogP) is 4.39. The van der Waals surface area contributed by atoms with Crippen LogP contribution in [0.15, 0.2) is 47.3 Å². The standard InChI is InChI=1S/C28H26BrF2N7O3/c1-15-4-7-23(29)34-26(15)35-27(41)22-9-28(31,13-30)14-37(22)24(40)12-38-21-6-5-18(19-10-32-17(3)33-11-19)8-20(21)25(36-38)16(2)39/h4-8,10-11,22H,9,12-14H2,1-3H3,(H,34,35,41)/t22-,28+/m0/s1. The number of nitrogens with zero attached hydrogens (tertiary/aromatic N) is 6. The van der Waals surface area contributed by atoms with Crippen molar-refractivity contribution in [3.63, 3.8) is 0 Å². The molecule has 0 radical (unpaired) electrons. The molecule has 1 N–H and O–H groups in total. The van der Waals surface area contributed by atoms with E-state index in [1.165, 1.54) is 11.6 Å². The fraction of sp³-hybridized carbons (Fsp3) is 0.321. The van der Waals surface area contributed by atoms with Gasteiger partial charge in [-0.2, -0.15) is 5.10 Å². The lowest BCUT2D eigenvalue weighted by atomic mass is 10.0. The van der Waals surface area contributed by atoms with Crippen molar-refractivity contribution < 1.29 is 23.2 Å². The predicted molar refractivity (Wildman–Crippen MR) is 151 cm³/mol. The van der Waals surface area contributed by atoms with Gasteiger partial charge in [-0.15, -0.1) is 0 Å². The van der Waals surface area contributed by atoms with Gasteiger partial charge in [-0.05, 0) is 59.1 Å². The summed E-state index contributed by atoms with van der Waals surface area (Å²) in [5.41, 5.74) is 0.417. The molecule has 0 unspecified atom stereocenters. The second-order valence-electron chi connectivity index (χ2n) is 10.1. The van der Waals surface area contributed by atoms with Crippen LogP contribution in [0.25, 0.3) is 22.0 Å². The third-order valence-corrected chi connectivity index (χ3v) is 7.48. The number of hydrogen-bond acceptors (Lipinski definition) is 7. The number of aryl methyl sites for hydroxylation is 2. The number of anilines is 1. The second kappa shape index (κ2) is 11.0. The SMILES string of the molecule is CC(=O)c1nn(CC(=O)N2C[C@](F)(CF)C[C@H]2C(=O)Nc2nc(Br)ccc2C)c2ccc(-c3cnc(C)nc3)cc12. The van der Waals surface area contributed by atoms with Gasteiger partial charge in [0.2, 0.25) is 11.8 Å². The van der Waals surface area contributed by atoms with Gasteiger partial charge in [-0.25, -0.2) is 23.7 Å². The van der Waals surface area contributed by atoms with E-state index in [1.807, 2.05) is 0 Å². The normalized spacial score (nSPS) is 18.6. The number of fused-ring (bicyclic) bond motifs is 1. The van der Waals surface area contributed by atoms with Crippen molar-refractivity contribution in [3.05, 3.63) is 64.4 Å². The van der Waals surface area contributed by atoms with Crippen molar-refractivity contribution in [1.82, 2.24) is 29.6 Å². The van der Waals surface area contributed by atoms with E-state index < -0.39 is 49.7 Å². The fourth-order valence-corrected chi connectivity index (χ4v) is 5.17. The zero-order chi connectivity index (χ0) is 29.5. The summed E-state index contributed by atoms with van der Waals surface area (Å²) in [5.74, 6) is -0.777. The lowest BCUT2D eigenvalue weighted by Gasteiger charge is -2.24. The van der Waals surface area contributed by atoms with Crippen molar-refractivity contribution in [1.29, 1.82) is 0 Å². The Morgan fingerprint density at radius 2 is 1.85 bits per heavy atom. The summed E-state index contributed by atoms with van der Waals surface area (Å²) < 4.78 is 30.7.